The average Bonchev–Trinajstić information content (AvgIpc) is 2.75. The van der Waals surface area contributed by atoms with Gasteiger partial charge in [0, 0.05) is 12.6 Å². The van der Waals surface area contributed by atoms with Crippen molar-refractivity contribution < 1.29 is 5.11 Å². The van der Waals surface area contributed by atoms with E-state index in [4.69, 9.17) is 0 Å². The first-order valence-electron chi connectivity index (χ1n) is 5.15. The fourth-order valence-corrected chi connectivity index (χ4v) is 2.05. The first kappa shape index (κ1) is 8.38. The number of aromatic nitrogens is 3. The first-order valence-corrected chi connectivity index (χ1v) is 5.15. The molecule has 1 aromatic heterocycles. The summed E-state index contributed by atoms with van der Waals surface area (Å²) in [6, 6.07) is 0.799. The van der Waals surface area contributed by atoms with Gasteiger partial charge >= 0.3 is 0 Å². The zero-order valence-electron chi connectivity index (χ0n) is 7.93. The lowest BCUT2D eigenvalue weighted by molar-refractivity contribution is 0.192. The highest BCUT2D eigenvalue weighted by molar-refractivity contribution is 5.03. The molecule has 14 heavy (non-hydrogen) atoms. The van der Waals surface area contributed by atoms with Gasteiger partial charge in [-0.05, 0) is 19.3 Å². The molecule has 5 heteroatoms. The summed E-state index contributed by atoms with van der Waals surface area (Å²) < 4.78 is 2.15. The Kier molecular flexibility index (Phi) is 1.81. The Balaban J connectivity index is 1.84. The summed E-state index contributed by atoms with van der Waals surface area (Å²) in [6.07, 6.45) is 4.80. The highest BCUT2D eigenvalue weighted by Crippen LogP contribution is 2.37. The van der Waals surface area contributed by atoms with Crippen molar-refractivity contribution in [2.75, 3.05) is 6.54 Å². The summed E-state index contributed by atoms with van der Waals surface area (Å²) in [4.78, 5) is 0. The third-order valence-electron chi connectivity index (χ3n) is 2.96. The van der Waals surface area contributed by atoms with Crippen LogP contribution in [0, 0.1) is 0 Å². The second-order valence-electron chi connectivity index (χ2n) is 4.18. The predicted molar refractivity (Wildman–Crippen MR) is 49.7 cm³/mol. The molecular formula is C9H14N4O. The van der Waals surface area contributed by atoms with Crippen molar-refractivity contribution in [3.8, 4) is 0 Å². The molecule has 1 saturated heterocycles. The third kappa shape index (κ3) is 1.33. The van der Waals surface area contributed by atoms with Crippen LogP contribution in [0.4, 0.5) is 0 Å². The van der Waals surface area contributed by atoms with Crippen LogP contribution >= 0.6 is 0 Å². The van der Waals surface area contributed by atoms with Crippen molar-refractivity contribution in [1.29, 1.82) is 0 Å². The Morgan fingerprint density at radius 3 is 3.00 bits per heavy atom. The molecule has 2 atom stereocenters. The molecule has 1 aromatic rings. The molecule has 0 aromatic carbocycles. The summed E-state index contributed by atoms with van der Waals surface area (Å²) in [5.74, 6) is 0.990. The number of hydrogen-bond donors (Lipinski definition) is 2. The second kappa shape index (κ2) is 3.03. The van der Waals surface area contributed by atoms with E-state index in [-0.39, 0.29) is 12.1 Å². The van der Waals surface area contributed by atoms with Crippen molar-refractivity contribution in [1.82, 2.24) is 20.1 Å². The monoisotopic (exact) mass is 194 g/mol. The summed E-state index contributed by atoms with van der Waals surface area (Å²) >= 11 is 0. The van der Waals surface area contributed by atoms with Crippen LogP contribution in [0.5, 0.6) is 0 Å². The van der Waals surface area contributed by atoms with E-state index in [9.17, 15) is 5.11 Å². The Hall–Kier alpha value is -0.940. The standard InChI is InChI=1S/C9H14N4O/c14-7-3-8(10-4-7)9-12-11-5-13(9)6-1-2-6/h5-8,10,14H,1-4H2/t7-,8-/m0/s1. The molecule has 0 unspecified atom stereocenters. The van der Waals surface area contributed by atoms with Gasteiger partial charge in [-0.2, -0.15) is 0 Å². The number of nitrogens with zero attached hydrogens (tertiary/aromatic N) is 3. The molecule has 2 fully saturated rings. The van der Waals surface area contributed by atoms with Crippen LogP contribution in [0.25, 0.3) is 0 Å². The number of aliphatic hydroxyl groups excluding tert-OH is 1. The quantitative estimate of drug-likeness (QED) is 0.696. The fourth-order valence-electron chi connectivity index (χ4n) is 2.05. The van der Waals surface area contributed by atoms with Crippen LogP contribution in [-0.2, 0) is 0 Å². The molecule has 0 spiro atoms. The molecule has 5 nitrogen and oxygen atoms in total. The van der Waals surface area contributed by atoms with Crippen molar-refractivity contribution in [3.05, 3.63) is 12.2 Å². The van der Waals surface area contributed by atoms with Crippen LogP contribution < -0.4 is 5.32 Å². The molecule has 0 amide bonds. The van der Waals surface area contributed by atoms with E-state index in [0.717, 1.165) is 12.2 Å². The van der Waals surface area contributed by atoms with Gasteiger partial charge in [-0.25, -0.2) is 0 Å². The van der Waals surface area contributed by atoms with Crippen molar-refractivity contribution in [2.24, 2.45) is 0 Å². The van der Waals surface area contributed by atoms with Gasteiger partial charge in [0.2, 0.25) is 0 Å². The molecule has 1 saturated carbocycles. The first-order chi connectivity index (χ1) is 6.84. The maximum Gasteiger partial charge on any atom is 0.150 e. The number of β-amino-alcohol motifs (C(OH)–C–C–N with tert-alkyl or cyclic N) is 1. The van der Waals surface area contributed by atoms with E-state index in [1.807, 2.05) is 0 Å². The SMILES string of the molecule is O[C@@H]1CN[C@H](c2nncn2C2CC2)C1. The molecule has 2 N–H and O–H groups in total. The van der Waals surface area contributed by atoms with Gasteiger partial charge in [-0.3, -0.25) is 0 Å². The van der Waals surface area contributed by atoms with Gasteiger partial charge in [0.25, 0.3) is 0 Å². The molecular weight excluding hydrogens is 180 g/mol. The molecule has 2 aliphatic rings. The van der Waals surface area contributed by atoms with Gasteiger partial charge in [-0.15, -0.1) is 10.2 Å². The number of rotatable bonds is 2. The topological polar surface area (TPSA) is 63.0 Å². The van der Waals surface area contributed by atoms with Crippen LogP contribution in [0.15, 0.2) is 6.33 Å². The lowest BCUT2D eigenvalue weighted by Crippen LogP contribution is -2.18. The highest BCUT2D eigenvalue weighted by Gasteiger charge is 2.32. The number of aliphatic hydroxyl groups is 1. The Bertz CT molecular complexity index is 333. The third-order valence-corrected chi connectivity index (χ3v) is 2.96. The van der Waals surface area contributed by atoms with Crippen molar-refractivity contribution in [2.45, 2.75) is 37.5 Å². The maximum atomic E-state index is 9.42. The van der Waals surface area contributed by atoms with E-state index >= 15 is 0 Å². The van der Waals surface area contributed by atoms with E-state index in [1.54, 1.807) is 6.33 Å². The zero-order chi connectivity index (χ0) is 9.54. The largest absolute Gasteiger partial charge is 0.392 e. The summed E-state index contributed by atoms with van der Waals surface area (Å²) in [6.45, 7) is 0.669. The van der Waals surface area contributed by atoms with Gasteiger partial charge in [0.1, 0.15) is 12.2 Å². The normalized spacial score (nSPS) is 32.4. The van der Waals surface area contributed by atoms with Gasteiger partial charge in [0.05, 0.1) is 12.1 Å². The van der Waals surface area contributed by atoms with Gasteiger partial charge in [0.15, 0.2) is 0 Å². The van der Waals surface area contributed by atoms with E-state index in [2.05, 4.69) is 20.1 Å². The number of hydrogen-bond acceptors (Lipinski definition) is 4. The predicted octanol–water partition coefficient (Wildman–Crippen LogP) is 0.00830. The average molecular weight is 194 g/mol. The minimum absolute atomic E-state index is 0.188. The van der Waals surface area contributed by atoms with E-state index in [0.29, 0.717) is 12.6 Å². The van der Waals surface area contributed by atoms with E-state index < -0.39 is 0 Å². The minimum atomic E-state index is -0.232. The second-order valence-corrected chi connectivity index (χ2v) is 4.18. The number of nitrogens with one attached hydrogen (secondary N) is 1. The Morgan fingerprint density at radius 2 is 2.36 bits per heavy atom. The summed E-state index contributed by atoms with van der Waals surface area (Å²) in [5, 5.41) is 20.8. The minimum Gasteiger partial charge on any atom is -0.392 e. The molecule has 0 bridgehead atoms. The fraction of sp³-hybridized carbons (Fsp3) is 0.778. The van der Waals surface area contributed by atoms with Crippen LogP contribution in [0.2, 0.25) is 0 Å². The molecule has 76 valence electrons. The van der Waals surface area contributed by atoms with Gasteiger partial charge in [-0.1, -0.05) is 0 Å². The Labute approximate surface area is 82.1 Å². The molecule has 1 aliphatic carbocycles. The Morgan fingerprint density at radius 1 is 1.50 bits per heavy atom. The smallest absolute Gasteiger partial charge is 0.150 e. The molecule has 2 heterocycles. The molecule has 3 rings (SSSR count). The van der Waals surface area contributed by atoms with Crippen LogP contribution in [-0.4, -0.2) is 32.5 Å². The maximum absolute atomic E-state index is 9.42. The lowest BCUT2D eigenvalue weighted by atomic mass is 10.2. The van der Waals surface area contributed by atoms with E-state index in [1.165, 1.54) is 12.8 Å². The van der Waals surface area contributed by atoms with Crippen molar-refractivity contribution in [3.63, 3.8) is 0 Å². The zero-order valence-corrected chi connectivity index (χ0v) is 7.93. The van der Waals surface area contributed by atoms with Crippen LogP contribution in [0.3, 0.4) is 0 Å². The lowest BCUT2D eigenvalue weighted by Gasteiger charge is -2.10. The molecule has 1 aliphatic heterocycles. The van der Waals surface area contributed by atoms with Crippen LogP contribution in [0.1, 0.15) is 37.2 Å². The van der Waals surface area contributed by atoms with Crippen molar-refractivity contribution >= 4 is 0 Å². The summed E-state index contributed by atoms with van der Waals surface area (Å²) in [7, 11) is 0. The summed E-state index contributed by atoms with van der Waals surface area (Å²) in [5.41, 5.74) is 0. The molecule has 0 radical (unpaired) electrons. The van der Waals surface area contributed by atoms with Gasteiger partial charge < -0.3 is 15.0 Å². The highest BCUT2D eigenvalue weighted by atomic mass is 16.3.